The Hall–Kier alpha value is -0.300. The Morgan fingerprint density at radius 2 is 2.20 bits per heavy atom. The van der Waals surface area contributed by atoms with Gasteiger partial charge in [-0.3, -0.25) is 4.79 Å². The number of hydrogen-bond donors (Lipinski definition) is 1. The highest BCUT2D eigenvalue weighted by Crippen LogP contribution is 1.94. The number of nitrogens with one attached hydrogen (secondary N) is 1. The number of halogens is 2. The normalized spacial score (nSPS) is 9.80. The lowest BCUT2D eigenvalue weighted by Gasteiger charge is -1.90. The number of hydrogen-bond acceptors (Lipinski definition) is 2. The zero-order valence-electron chi connectivity index (χ0n) is 4.60. The van der Waals surface area contributed by atoms with E-state index in [0.717, 1.165) is 2.78 Å². The Labute approximate surface area is 74.3 Å². The van der Waals surface area contributed by atoms with Crippen LogP contribution >= 0.6 is 34.5 Å². The zero-order valence-corrected chi connectivity index (χ0v) is 7.51. The monoisotopic (exact) mass is 272 g/mol. The molecule has 1 N–H and O–H groups in total. The van der Waals surface area contributed by atoms with Crippen molar-refractivity contribution in [2.75, 3.05) is 0 Å². The van der Waals surface area contributed by atoms with Gasteiger partial charge in [0.2, 0.25) is 0 Å². The van der Waals surface area contributed by atoms with E-state index in [1.807, 2.05) is 0 Å². The van der Waals surface area contributed by atoms with Crippen LogP contribution in [0.2, 0.25) is 5.02 Å². The van der Waals surface area contributed by atoms with Gasteiger partial charge in [-0.2, -0.15) is 2.78 Å². The molecule has 0 saturated carbocycles. The van der Waals surface area contributed by atoms with Gasteiger partial charge in [0, 0.05) is 6.20 Å². The van der Waals surface area contributed by atoms with Crippen molar-refractivity contribution in [2.45, 2.75) is 0 Å². The second-order valence-corrected chi connectivity index (χ2v) is 2.90. The molecule has 0 radical (unpaired) electrons. The van der Waals surface area contributed by atoms with Crippen LogP contribution in [0, 0.1) is 0 Å². The van der Waals surface area contributed by atoms with Crippen molar-refractivity contribution in [3.8, 4) is 0 Å². The molecule has 10 heavy (non-hydrogen) atoms. The van der Waals surface area contributed by atoms with E-state index in [4.69, 9.17) is 11.6 Å². The van der Waals surface area contributed by atoms with Gasteiger partial charge in [-0.15, -0.1) is 0 Å². The van der Waals surface area contributed by atoms with Gasteiger partial charge in [-0.1, -0.05) is 11.6 Å². The summed E-state index contributed by atoms with van der Waals surface area (Å²) >= 11 is 6.95. The Morgan fingerprint density at radius 3 is 2.70 bits per heavy atom. The van der Waals surface area contributed by atoms with Crippen molar-refractivity contribution in [1.82, 2.24) is 7.76 Å². The van der Waals surface area contributed by atoms with Crippen LogP contribution in [0.1, 0.15) is 0 Å². The Balaban J connectivity index is 3.66. The second-order valence-electron chi connectivity index (χ2n) is 1.53. The van der Waals surface area contributed by atoms with E-state index in [2.05, 4.69) is 4.98 Å². The molecule has 0 saturated heterocycles. The van der Waals surface area contributed by atoms with Crippen molar-refractivity contribution in [3.63, 3.8) is 0 Å². The number of H-pyrrole nitrogens is 1. The molecule has 0 aliphatic heterocycles. The minimum atomic E-state index is -0.494. The van der Waals surface area contributed by atoms with Crippen LogP contribution in [0.15, 0.2) is 15.8 Å². The van der Waals surface area contributed by atoms with Crippen LogP contribution in [-0.4, -0.2) is 7.76 Å². The lowest BCUT2D eigenvalue weighted by molar-refractivity contribution is 1.01. The van der Waals surface area contributed by atoms with Crippen LogP contribution in [0.5, 0.6) is 0 Å². The second kappa shape index (κ2) is 2.75. The van der Waals surface area contributed by atoms with Gasteiger partial charge in [0.1, 0.15) is 5.02 Å². The van der Waals surface area contributed by atoms with E-state index in [1.165, 1.54) is 6.20 Å². The third-order valence-corrected chi connectivity index (χ3v) is 2.03. The molecule has 1 rings (SSSR count). The minimum Gasteiger partial charge on any atom is -0.312 e. The van der Waals surface area contributed by atoms with Crippen LogP contribution in [-0.2, 0) is 0 Å². The standard InChI is InChI=1S/C4H2ClIN2O2/c5-2-1-7-4(10)8(6)3(2)9/h1H,(H,7,10). The molecule has 0 atom stereocenters. The summed E-state index contributed by atoms with van der Waals surface area (Å²) in [4.78, 5) is 23.7. The predicted octanol–water partition coefficient (Wildman–Crippen LogP) is 0.388. The molecular weight excluding hydrogens is 270 g/mol. The average molecular weight is 272 g/mol. The fraction of sp³-hybridized carbons (Fsp3) is 0. The summed E-state index contributed by atoms with van der Waals surface area (Å²) in [5.41, 5.74) is -0.971. The van der Waals surface area contributed by atoms with Crippen molar-refractivity contribution >= 4 is 34.5 Å². The molecule has 1 heterocycles. The number of aromatic amines is 1. The van der Waals surface area contributed by atoms with Crippen LogP contribution in [0.3, 0.4) is 0 Å². The van der Waals surface area contributed by atoms with Crippen molar-refractivity contribution in [3.05, 3.63) is 32.1 Å². The van der Waals surface area contributed by atoms with E-state index >= 15 is 0 Å². The third-order valence-electron chi connectivity index (χ3n) is 0.883. The molecule has 0 fully saturated rings. The summed E-state index contributed by atoms with van der Waals surface area (Å²) in [7, 11) is 0. The summed E-state index contributed by atoms with van der Waals surface area (Å²) in [6, 6.07) is 0. The molecular formula is C4H2ClIN2O2. The average Bonchev–Trinajstić information content (AvgIpc) is 1.93. The fourth-order valence-electron chi connectivity index (χ4n) is 0.430. The van der Waals surface area contributed by atoms with Gasteiger partial charge in [0.15, 0.2) is 0 Å². The molecule has 0 aliphatic rings. The minimum absolute atomic E-state index is 0.00833. The van der Waals surface area contributed by atoms with Gasteiger partial charge in [-0.25, -0.2) is 4.79 Å². The van der Waals surface area contributed by atoms with Crippen molar-refractivity contribution in [1.29, 1.82) is 0 Å². The van der Waals surface area contributed by atoms with Gasteiger partial charge in [0.05, 0.1) is 22.9 Å². The summed E-state index contributed by atoms with van der Waals surface area (Å²) in [6.45, 7) is 0. The molecule has 0 unspecified atom stereocenters. The molecule has 1 aromatic rings. The summed E-state index contributed by atoms with van der Waals surface area (Å²) < 4.78 is 0.875. The van der Waals surface area contributed by atoms with Crippen molar-refractivity contribution in [2.24, 2.45) is 0 Å². The fourth-order valence-corrected chi connectivity index (χ4v) is 1.11. The summed E-state index contributed by atoms with van der Waals surface area (Å²) in [5, 5.41) is 0.00833. The van der Waals surface area contributed by atoms with E-state index in [-0.39, 0.29) is 5.02 Å². The molecule has 1 aromatic heterocycles. The maximum Gasteiger partial charge on any atom is 0.337 e. The van der Waals surface area contributed by atoms with E-state index < -0.39 is 11.2 Å². The summed E-state index contributed by atoms with van der Waals surface area (Å²) in [6.07, 6.45) is 1.17. The first-order chi connectivity index (χ1) is 4.63. The van der Waals surface area contributed by atoms with E-state index in [0.29, 0.717) is 0 Å². The van der Waals surface area contributed by atoms with Crippen LogP contribution in [0.25, 0.3) is 0 Å². The molecule has 6 heteroatoms. The highest BCUT2D eigenvalue weighted by atomic mass is 127. The number of nitrogens with zero attached hydrogens (tertiary/aromatic N) is 1. The van der Waals surface area contributed by atoms with Crippen LogP contribution in [0.4, 0.5) is 0 Å². The van der Waals surface area contributed by atoms with Gasteiger partial charge < -0.3 is 4.98 Å². The smallest absolute Gasteiger partial charge is 0.312 e. The lowest BCUT2D eigenvalue weighted by atomic mass is 10.7. The Bertz CT molecular complexity index is 355. The quantitative estimate of drug-likeness (QED) is 0.695. The first-order valence-corrected chi connectivity index (χ1v) is 3.63. The number of aromatic nitrogens is 2. The van der Waals surface area contributed by atoms with Crippen LogP contribution < -0.4 is 11.2 Å². The molecule has 0 bridgehead atoms. The molecule has 54 valence electrons. The lowest BCUT2D eigenvalue weighted by Crippen LogP contribution is -2.28. The van der Waals surface area contributed by atoms with Crippen molar-refractivity contribution < 1.29 is 0 Å². The molecule has 4 nitrogen and oxygen atoms in total. The first-order valence-electron chi connectivity index (χ1n) is 2.29. The third kappa shape index (κ3) is 1.24. The van der Waals surface area contributed by atoms with Gasteiger partial charge in [-0.05, 0) is 0 Å². The number of rotatable bonds is 0. The highest BCUT2D eigenvalue weighted by Gasteiger charge is 1.99. The molecule has 0 spiro atoms. The maximum absolute atomic E-state index is 10.8. The van der Waals surface area contributed by atoms with E-state index in [1.54, 1.807) is 22.9 Å². The highest BCUT2D eigenvalue weighted by molar-refractivity contribution is 14.1. The predicted molar refractivity (Wildman–Crippen MR) is 45.8 cm³/mol. The Morgan fingerprint density at radius 1 is 1.60 bits per heavy atom. The maximum atomic E-state index is 10.8. The topological polar surface area (TPSA) is 54.9 Å². The van der Waals surface area contributed by atoms with Gasteiger partial charge >= 0.3 is 5.69 Å². The SMILES string of the molecule is O=c1[nH]cc(Cl)c(=O)n1I. The Kier molecular flexibility index (Phi) is 2.14. The van der Waals surface area contributed by atoms with Gasteiger partial charge in [0.25, 0.3) is 5.56 Å². The largest absolute Gasteiger partial charge is 0.337 e. The first kappa shape index (κ1) is 7.80. The molecule has 0 aliphatic carbocycles. The zero-order chi connectivity index (χ0) is 7.72. The molecule has 0 amide bonds. The summed E-state index contributed by atoms with van der Waals surface area (Å²) in [5.74, 6) is 0. The van der Waals surface area contributed by atoms with E-state index in [9.17, 15) is 9.59 Å². The molecule has 0 aromatic carbocycles.